The zero-order valence-corrected chi connectivity index (χ0v) is 12.0. The van der Waals surface area contributed by atoms with Crippen LogP contribution in [0.25, 0.3) is 0 Å². The topological polar surface area (TPSA) is 58.6 Å². The molecule has 6 heteroatoms. The molecule has 1 aromatic carbocycles. The van der Waals surface area contributed by atoms with E-state index >= 15 is 0 Å². The molecule has 1 aliphatic carbocycles. The number of ether oxygens (including phenoxy) is 1. The summed E-state index contributed by atoms with van der Waals surface area (Å²) >= 11 is 0. The first-order valence-corrected chi connectivity index (χ1v) is 7.22. The first-order chi connectivity index (χ1) is 10.6. The van der Waals surface area contributed by atoms with Gasteiger partial charge in [-0.3, -0.25) is 4.79 Å². The van der Waals surface area contributed by atoms with Crippen LogP contribution in [0.5, 0.6) is 5.75 Å². The third-order valence-electron chi connectivity index (χ3n) is 3.60. The van der Waals surface area contributed by atoms with Crippen LogP contribution < -0.4 is 10.1 Å². The molecule has 0 radical (unpaired) electrons. The van der Waals surface area contributed by atoms with Crippen molar-refractivity contribution in [2.24, 2.45) is 5.92 Å². The highest BCUT2D eigenvalue weighted by molar-refractivity contribution is 5.79. The normalized spacial score (nSPS) is 19.0. The fourth-order valence-electron chi connectivity index (χ4n) is 2.36. The van der Waals surface area contributed by atoms with Crippen LogP contribution >= 0.6 is 0 Å². The van der Waals surface area contributed by atoms with Crippen molar-refractivity contribution in [2.45, 2.75) is 32.0 Å². The third-order valence-corrected chi connectivity index (χ3v) is 3.60. The Labute approximate surface area is 127 Å². The molecule has 0 bridgehead atoms. The lowest BCUT2D eigenvalue weighted by atomic mass is 9.93. The number of amides is 1. The van der Waals surface area contributed by atoms with Gasteiger partial charge in [-0.25, -0.2) is 0 Å². The molecule has 1 aromatic rings. The van der Waals surface area contributed by atoms with E-state index in [1.165, 1.54) is 24.3 Å². The van der Waals surface area contributed by atoms with E-state index in [-0.39, 0.29) is 24.1 Å². The van der Waals surface area contributed by atoms with E-state index in [2.05, 4.69) is 16.1 Å². The third kappa shape index (κ3) is 4.80. The standard InChI is InChI=1S/C16H19F2NO3/c17-16(18)22-13-8-6-11(7-9-13)14(20)10-19-15(21)12-4-2-1-3-5-12/h1-2,6-9,12,14,16,20H,3-5,10H2,(H,19,21). The second-order valence-electron chi connectivity index (χ2n) is 5.19. The Kier molecular flexibility index (Phi) is 5.89. The van der Waals surface area contributed by atoms with Gasteiger partial charge in [0, 0.05) is 12.5 Å². The second kappa shape index (κ2) is 7.89. The molecule has 0 saturated heterocycles. The van der Waals surface area contributed by atoms with E-state index in [1.54, 1.807) is 0 Å². The van der Waals surface area contributed by atoms with E-state index < -0.39 is 12.7 Å². The van der Waals surface area contributed by atoms with Gasteiger partial charge in [-0.1, -0.05) is 24.3 Å². The highest BCUT2D eigenvalue weighted by Crippen LogP contribution is 2.20. The predicted octanol–water partition coefficient (Wildman–Crippen LogP) is 2.79. The van der Waals surface area contributed by atoms with E-state index in [1.807, 2.05) is 6.08 Å². The van der Waals surface area contributed by atoms with Gasteiger partial charge in [0.25, 0.3) is 0 Å². The molecular formula is C16H19F2NO3. The molecular weight excluding hydrogens is 292 g/mol. The van der Waals surface area contributed by atoms with Crippen molar-refractivity contribution >= 4 is 5.91 Å². The minimum absolute atomic E-state index is 0.0315. The molecule has 0 aliphatic heterocycles. The zero-order valence-electron chi connectivity index (χ0n) is 12.0. The largest absolute Gasteiger partial charge is 0.435 e. The highest BCUT2D eigenvalue weighted by Gasteiger charge is 2.19. The molecule has 4 nitrogen and oxygen atoms in total. The van der Waals surface area contributed by atoms with Crippen LogP contribution in [0.1, 0.15) is 30.9 Å². The minimum Gasteiger partial charge on any atom is -0.435 e. The van der Waals surface area contributed by atoms with Crippen LogP contribution in [0, 0.1) is 5.92 Å². The second-order valence-corrected chi connectivity index (χ2v) is 5.19. The van der Waals surface area contributed by atoms with Gasteiger partial charge in [-0.05, 0) is 37.0 Å². The lowest BCUT2D eigenvalue weighted by Gasteiger charge is -2.19. The van der Waals surface area contributed by atoms with E-state index in [0.29, 0.717) is 5.56 Å². The molecule has 1 aliphatic rings. The van der Waals surface area contributed by atoms with Gasteiger partial charge in [0.05, 0.1) is 6.10 Å². The molecule has 1 amide bonds. The summed E-state index contributed by atoms with van der Waals surface area (Å²) in [6.45, 7) is -2.78. The number of aliphatic hydroxyl groups excluding tert-OH is 1. The van der Waals surface area contributed by atoms with Crippen molar-refractivity contribution < 1.29 is 23.4 Å². The number of aliphatic hydroxyl groups is 1. The SMILES string of the molecule is O=C(NCC(O)c1ccc(OC(F)F)cc1)C1CC=CCC1. The number of benzene rings is 1. The maximum atomic E-state index is 12.0. The molecule has 2 N–H and O–H groups in total. The van der Waals surface area contributed by atoms with Crippen LogP contribution in [-0.2, 0) is 4.79 Å². The summed E-state index contributed by atoms with van der Waals surface area (Å²) in [5, 5.41) is 12.7. The summed E-state index contributed by atoms with van der Waals surface area (Å²) in [5.41, 5.74) is 0.533. The van der Waals surface area contributed by atoms with Crippen molar-refractivity contribution in [3.8, 4) is 5.75 Å². The van der Waals surface area contributed by atoms with Crippen molar-refractivity contribution in [1.82, 2.24) is 5.32 Å². The highest BCUT2D eigenvalue weighted by atomic mass is 19.3. The molecule has 2 unspecified atom stereocenters. The molecule has 120 valence electrons. The van der Waals surface area contributed by atoms with Gasteiger partial charge in [-0.15, -0.1) is 0 Å². The number of hydrogen-bond acceptors (Lipinski definition) is 3. The van der Waals surface area contributed by atoms with Crippen molar-refractivity contribution in [1.29, 1.82) is 0 Å². The van der Waals surface area contributed by atoms with Crippen LogP contribution in [0.2, 0.25) is 0 Å². The molecule has 22 heavy (non-hydrogen) atoms. The fraction of sp³-hybridized carbons (Fsp3) is 0.438. The van der Waals surface area contributed by atoms with Gasteiger partial charge < -0.3 is 15.2 Å². The van der Waals surface area contributed by atoms with Gasteiger partial charge >= 0.3 is 6.61 Å². The average Bonchev–Trinajstić information content (AvgIpc) is 2.53. The molecule has 0 fully saturated rings. The minimum atomic E-state index is -2.88. The Balaban J connectivity index is 1.82. The monoisotopic (exact) mass is 311 g/mol. The summed E-state index contributed by atoms with van der Waals surface area (Å²) in [6.07, 6.45) is 5.60. The fourth-order valence-corrected chi connectivity index (χ4v) is 2.36. The summed E-state index contributed by atoms with van der Waals surface area (Å²) in [6, 6.07) is 5.71. The van der Waals surface area contributed by atoms with Crippen molar-refractivity contribution in [3.05, 3.63) is 42.0 Å². The molecule has 0 heterocycles. The van der Waals surface area contributed by atoms with Crippen LogP contribution in [0.3, 0.4) is 0 Å². The van der Waals surface area contributed by atoms with Gasteiger partial charge in [0.2, 0.25) is 5.91 Å². The summed E-state index contributed by atoms with van der Waals surface area (Å²) in [4.78, 5) is 11.9. The number of halogens is 2. The Morgan fingerprint density at radius 3 is 2.64 bits per heavy atom. The zero-order chi connectivity index (χ0) is 15.9. The van der Waals surface area contributed by atoms with Crippen LogP contribution in [-0.4, -0.2) is 24.2 Å². The number of allylic oxidation sites excluding steroid dienone is 2. The number of rotatable bonds is 6. The van der Waals surface area contributed by atoms with Crippen LogP contribution in [0.4, 0.5) is 8.78 Å². The first kappa shape index (κ1) is 16.4. The maximum Gasteiger partial charge on any atom is 0.387 e. The number of nitrogens with one attached hydrogen (secondary N) is 1. The first-order valence-electron chi connectivity index (χ1n) is 7.22. The van der Waals surface area contributed by atoms with Crippen LogP contribution in [0.15, 0.2) is 36.4 Å². The van der Waals surface area contributed by atoms with Gasteiger partial charge in [0.1, 0.15) is 5.75 Å². The van der Waals surface area contributed by atoms with Gasteiger partial charge in [0.15, 0.2) is 0 Å². The van der Waals surface area contributed by atoms with E-state index in [0.717, 1.165) is 19.3 Å². The Morgan fingerprint density at radius 1 is 1.32 bits per heavy atom. The maximum absolute atomic E-state index is 12.0. The molecule has 0 spiro atoms. The Bertz CT molecular complexity index is 517. The molecule has 2 atom stereocenters. The number of hydrogen-bond donors (Lipinski definition) is 2. The summed E-state index contributed by atoms with van der Waals surface area (Å²) < 4.78 is 28.3. The van der Waals surface area contributed by atoms with Crippen molar-refractivity contribution in [3.63, 3.8) is 0 Å². The molecule has 0 saturated carbocycles. The number of carbonyl (C=O) groups is 1. The van der Waals surface area contributed by atoms with Crippen molar-refractivity contribution in [2.75, 3.05) is 6.54 Å². The van der Waals surface area contributed by atoms with E-state index in [9.17, 15) is 18.7 Å². The quantitative estimate of drug-likeness (QED) is 0.794. The smallest absolute Gasteiger partial charge is 0.387 e. The predicted molar refractivity (Wildman–Crippen MR) is 77.5 cm³/mol. The number of alkyl halides is 2. The lowest BCUT2D eigenvalue weighted by molar-refractivity contribution is -0.125. The molecule has 2 rings (SSSR count). The average molecular weight is 311 g/mol. The lowest BCUT2D eigenvalue weighted by Crippen LogP contribution is -2.34. The summed E-state index contributed by atoms with van der Waals surface area (Å²) in [5.74, 6) is -0.0796. The Morgan fingerprint density at radius 2 is 2.05 bits per heavy atom. The molecule has 0 aromatic heterocycles. The van der Waals surface area contributed by atoms with Gasteiger partial charge in [-0.2, -0.15) is 8.78 Å². The summed E-state index contributed by atoms with van der Waals surface area (Å²) in [7, 11) is 0. The van der Waals surface area contributed by atoms with E-state index in [4.69, 9.17) is 0 Å². The number of carbonyl (C=O) groups excluding carboxylic acids is 1. The Hall–Kier alpha value is -1.95.